The smallest absolute Gasteiger partial charge is 0.282 e. The van der Waals surface area contributed by atoms with E-state index in [0.29, 0.717) is 52.6 Å². The molecular formula is C38H50FN9O2. The zero-order valence-corrected chi connectivity index (χ0v) is 29.8. The summed E-state index contributed by atoms with van der Waals surface area (Å²) in [7, 11) is 3.74. The Bertz CT molecular complexity index is 1700. The number of hydrogen-bond acceptors (Lipinski definition) is 10. The number of ether oxygens (including phenoxy) is 1. The fourth-order valence-electron chi connectivity index (χ4n) is 9.43. The van der Waals surface area contributed by atoms with E-state index < -0.39 is 0 Å². The molecule has 5 heterocycles. The lowest BCUT2D eigenvalue weighted by atomic mass is 9.67. The van der Waals surface area contributed by atoms with Gasteiger partial charge in [0.05, 0.1) is 5.69 Å². The van der Waals surface area contributed by atoms with Gasteiger partial charge in [0.15, 0.2) is 5.82 Å². The third kappa shape index (κ3) is 6.45. The van der Waals surface area contributed by atoms with Crippen LogP contribution in [0.25, 0.3) is 11.3 Å². The van der Waals surface area contributed by atoms with Gasteiger partial charge in [-0.15, -0.1) is 10.2 Å². The van der Waals surface area contributed by atoms with Crippen LogP contribution in [-0.2, 0) is 4.79 Å². The van der Waals surface area contributed by atoms with Gasteiger partial charge in [-0.05, 0) is 94.0 Å². The standard InChI is InChI=1S/C38H50FN9O2/c1-24(2)34(27-15-29(16-27)46-12-9-26(10-13-46)37(49)45(3)4)48-20-38(21-48)11-14-47(19-38)35-36(44-43-23-42-35)50-32-8-7-28(39)17-30(32)33-31(25-5-6-25)18-40-22-41-33/h7-8,17-18,22-27,29,34H,5-6,9-16,19-21H2,1-4H3/t27?,29?,34-/m0/s1. The van der Waals surface area contributed by atoms with Crippen LogP contribution in [0.5, 0.6) is 11.6 Å². The van der Waals surface area contributed by atoms with Crippen molar-refractivity contribution in [2.45, 2.75) is 76.8 Å². The fourth-order valence-corrected chi connectivity index (χ4v) is 9.43. The SMILES string of the molecule is CC(C)[C@@H](C1CC(N2CCC(C(=O)N(C)C)CC2)C1)N1CC2(CCN(c3ncnnc3Oc3ccc(F)cc3-c3ncncc3C3CC3)C2)C1. The summed E-state index contributed by atoms with van der Waals surface area (Å²) < 4.78 is 21.0. The van der Waals surface area contributed by atoms with Gasteiger partial charge in [-0.1, -0.05) is 13.8 Å². The zero-order valence-electron chi connectivity index (χ0n) is 29.8. The van der Waals surface area contributed by atoms with E-state index in [2.05, 4.69) is 53.7 Å². The van der Waals surface area contributed by atoms with E-state index >= 15 is 0 Å². The number of amides is 1. The van der Waals surface area contributed by atoms with Crippen LogP contribution < -0.4 is 9.64 Å². The second-order valence-electron chi connectivity index (χ2n) is 16.2. The summed E-state index contributed by atoms with van der Waals surface area (Å²) >= 11 is 0. The van der Waals surface area contributed by atoms with Gasteiger partial charge in [0.25, 0.3) is 5.88 Å². The van der Waals surface area contributed by atoms with Crippen LogP contribution in [0.2, 0.25) is 0 Å². The van der Waals surface area contributed by atoms with Crippen LogP contribution in [0, 0.1) is 29.0 Å². The lowest BCUT2D eigenvalue weighted by molar-refractivity contribution is -0.135. The van der Waals surface area contributed by atoms with E-state index in [1.807, 2.05) is 20.3 Å². The number of anilines is 1. The summed E-state index contributed by atoms with van der Waals surface area (Å²) in [6.07, 6.45) is 12.6. The maximum absolute atomic E-state index is 14.6. The molecule has 0 radical (unpaired) electrons. The largest absolute Gasteiger partial charge is 0.434 e. The molecule has 3 aromatic rings. The lowest BCUT2D eigenvalue weighted by Gasteiger charge is -2.58. The highest BCUT2D eigenvalue weighted by Crippen LogP contribution is 2.49. The molecule has 266 valence electrons. The second kappa shape index (κ2) is 13.4. The molecule has 12 heteroatoms. The van der Waals surface area contributed by atoms with E-state index in [4.69, 9.17) is 4.74 Å². The van der Waals surface area contributed by atoms with E-state index in [0.717, 1.165) is 82.9 Å². The summed E-state index contributed by atoms with van der Waals surface area (Å²) in [4.78, 5) is 35.3. The molecule has 5 aliphatic rings. The van der Waals surface area contributed by atoms with Crippen LogP contribution >= 0.6 is 0 Å². The summed E-state index contributed by atoms with van der Waals surface area (Å²) in [6, 6.07) is 5.78. The first-order chi connectivity index (χ1) is 24.2. The van der Waals surface area contributed by atoms with E-state index in [9.17, 15) is 9.18 Å². The number of carbonyl (C=O) groups excluding carboxylic acids is 1. The van der Waals surface area contributed by atoms with Crippen LogP contribution in [0.4, 0.5) is 10.2 Å². The van der Waals surface area contributed by atoms with Gasteiger partial charge in [-0.2, -0.15) is 0 Å². The molecule has 1 atom stereocenters. The number of benzene rings is 1. The van der Waals surface area contributed by atoms with Crippen molar-refractivity contribution >= 4 is 11.7 Å². The zero-order chi connectivity index (χ0) is 34.6. The molecular weight excluding hydrogens is 633 g/mol. The molecule has 2 saturated carbocycles. The molecule has 11 nitrogen and oxygen atoms in total. The Kier molecular flexibility index (Phi) is 8.95. The number of rotatable bonds is 10. The third-order valence-electron chi connectivity index (χ3n) is 12.1. The molecule has 1 amide bonds. The Labute approximate surface area is 294 Å². The maximum Gasteiger partial charge on any atom is 0.282 e. The normalized spacial score (nSPS) is 24.6. The average molecular weight is 684 g/mol. The monoisotopic (exact) mass is 683 g/mol. The molecule has 3 saturated heterocycles. The predicted octanol–water partition coefficient (Wildman–Crippen LogP) is 5.25. The summed E-state index contributed by atoms with van der Waals surface area (Å²) in [5.74, 6) is 3.32. The molecule has 1 spiro atoms. The second-order valence-corrected chi connectivity index (χ2v) is 16.2. The Morgan fingerprint density at radius 3 is 2.52 bits per heavy atom. The minimum atomic E-state index is -0.351. The predicted molar refractivity (Wildman–Crippen MR) is 188 cm³/mol. The van der Waals surface area contributed by atoms with Gasteiger partial charge in [-0.3, -0.25) is 9.69 Å². The Hall–Kier alpha value is -3.77. The minimum Gasteiger partial charge on any atom is -0.434 e. The summed E-state index contributed by atoms with van der Waals surface area (Å²) in [5, 5.41) is 8.44. The van der Waals surface area contributed by atoms with E-state index in [-0.39, 0.29) is 23.1 Å². The molecule has 3 aliphatic heterocycles. The van der Waals surface area contributed by atoms with E-state index in [1.54, 1.807) is 11.0 Å². The summed E-state index contributed by atoms with van der Waals surface area (Å²) in [6.45, 7) is 10.8. The van der Waals surface area contributed by atoms with E-state index in [1.165, 1.54) is 37.6 Å². The molecule has 8 rings (SSSR count). The highest BCUT2D eigenvalue weighted by molar-refractivity contribution is 5.78. The van der Waals surface area contributed by atoms with Crippen LogP contribution in [-0.4, -0.2) is 111 Å². The van der Waals surface area contributed by atoms with Crippen molar-refractivity contribution < 1.29 is 13.9 Å². The first kappa shape index (κ1) is 33.4. The Balaban J connectivity index is 0.903. The highest BCUT2D eigenvalue weighted by atomic mass is 19.1. The van der Waals surface area contributed by atoms with Gasteiger partial charge in [-0.25, -0.2) is 19.3 Å². The van der Waals surface area contributed by atoms with Crippen molar-refractivity contribution in [3.8, 4) is 22.9 Å². The number of carbonyl (C=O) groups is 1. The van der Waals surface area contributed by atoms with Gasteiger partial charge in [0.1, 0.15) is 24.2 Å². The maximum atomic E-state index is 14.6. The summed E-state index contributed by atoms with van der Waals surface area (Å²) in [5.41, 5.74) is 2.52. The van der Waals surface area contributed by atoms with Crippen molar-refractivity contribution in [1.29, 1.82) is 0 Å². The third-order valence-corrected chi connectivity index (χ3v) is 12.1. The Morgan fingerprint density at radius 2 is 1.80 bits per heavy atom. The lowest BCUT2D eigenvalue weighted by Crippen LogP contribution is -2.65. The average Bonchev–Trinajstić information content (AvgIpc) is 3.84. The Morgan fingerprint density at radius 1 is 1.02 bits per heavy atom. The topological polar surface area (TPSA) is 104 Å². The number of nitrogens with zero attached hydrogens (tertiary/aromatic N) is 9. The van der Waals surface area contributed by atoms with Crippen molar-refractivity contribution in [3.05, 3.63) is 48.4 Å². The van der Waals surface area contributed by atoms with Gasteiger partial charge in [0, 0.05) is 81.0 Å². The first-order valence-corrected chi connectivity index (χ1v) is 18.6. The first-order valence-electron chi connectivity index (χ1n) is 18.6. The number of piperidine rings is 1. The number of hydrogen-bond donors (Lipinski definition) is 0. The number of likely N-dealkylation sites (tertiary alicyclic amines) is 2. The molecule has 50 heavy (non-hydrogen) atoms. The molecule has 2 aliphatic carbocycles. The molecule has 0 N–H and O–H groups in total. The van der Waals surface area contributed by atoms with Crippen molar-refractivity contribution in [2.24, 2.45) is 23.2 Å². The minimum absolute atomic E-state index is 0.189. The van der Waals surface area contributed by atoms with Crippen molar-refractivity contribution in [2.75, 3.05) is 58.3 Å². The molecule has 1 aromatic carbocycles. The van der Waals surface area contributed by atoms with Crippen molar-refractivity contribution in [3.63, 3.8) is 0 Å². The highest BCUT2D eigenvalue weighted by Gasteiger charge is 2.53. The quantitative estimate of drug-likeness (QED) is 0.282. The molecule has 0 unspecified atom stereocenters. The van der Waals surface area contributed by atoms with Gasteiger partial charge in [0.2, 0.25) is 5.91 Å². The molecule has 0 bridgehead atoms. The fraction of sp³-hybridized carbons (Fsp3) is 0.632. The van der Waals surface area contributed by atoms with Crippen LogP contribution in [0.15, 0.2) is 37.1 Å². The van der Waals surface area contributed by atoms with Crippen LogP contribution in [0.1, 0.15) is 70.3 Å². The number of aromatic nitrogens is 5. The van der Waals surface area contributed by atoms with Gasteiger partial charge >= 0.3 is 0 Å². The molecule has 2 aromatic heterocycles. The number of halogens is 1. The van der Waals surface area contributed by atoms with Gasteiger partial charge < -0.3 is 19.4 Å². The molecule has 5 fully saturated rings. The van der Waals surface area contributed by atoms with Crippen molar-refractivity contribution in [1.82, 2.24) is 39.8 Å². The van der Waals surface area contributed by atoms with Crippen LogP contribution in [0.3, 0.4) is 0 Å².